The molecule has 1 heterocycles. The highest BCUT2D eigenvalue weighted by Crippen LogP contribution is 2.28. The summed E-state index contributed by atoms with van der Waals surface area (Å²) in [6.45, 7) is 2.60. The molecule has 3 rings (SSSR count). The van der Waals surface area contributed by atoms with Crippen LogP contribution < -0.4 is 0 Å². The maximum Gasteiger partial charge on any atom is 0.335 e. The van der Waals surface area contributed by atoms with E-state index < -0.39 is 16.0 Å². The van der Waals surface area contributed by atoms with Gasteiger partial charge in [0.05, 0.1) is 23.7 Å². The van der Waals surface area contributed by atoms with Crippen molar-refractivity contribution in [1.82, 2.24) is 4.31 Å². The molecule has 1 aliphatic heterocycles. The van der Waals surface area contributed by atoms with E-state index in [2.05, 4.69) is 0 Å². The Morgan fingerprint density at radius 3 is 2.42 bits per heavy atom. The quantitative estimate of drug-likeness (QED) is 0.883. The van der Waals surface area contributed by atoms with Crippen molar-refractivity contribution < 1.29 is 27.4 Å². The molecular formula is C18H18FNO5S. The number of rotatable bonds is 4. The van der Waals surface area contributed by atoms with E-state index in [1.54, 1.807) is 13.0 Å². The van der Waals surface area contributed by atoms with Crippen LogP contribution in [0.15, 0.2) is 41.3 Å². The summed E-state index contributed by atoms with van der Waals surface area (Å²) in [5.41, 5.74) is 1.20. The van der Waals surface area contributed by atoms with Gasteiger partial charge in [-0.05, 0) is 53.9 Å². The largest absolute Gasteiger partial charge is 0.478 e. The third kappa shape index (κ3) is 3.62. The van der Waals surface area contributed by atoms with Gasteiger partial charge in [0.1, 0.15) is 5.82 Å². The number of carbonyl (C=O) groups is 1. The monoisotopic (exact) mass is 379 g/mol. The Morgan fingerprint density at radius 2 is 1.81 bits per heavy atom. The average Bonchev–Trinajstić information content (AvgIpc) is 2.64. The topological polar surface area (TPSA) is 83.9 Å². The third-order valence-electron chi connectivity index (χ3n) is 4.25. The Labute approximate surface area is 150 Å². The van der Waals surface area contributed by atoms with Crippen LogP contribution in [0.3, 0.4) is 0 Å². The van der Waals surface area contributed by atoms with Crippen molar-refractivity contribution in [3.8, 4) is 11.1 Å². The van der Waals surface area contributed by atoms with Gasteiger partial charge in [0.15, 0.2) is 0 Å². The lowest BCUT2D eigenvalue weighted by Crippen LogP contribution is -2.40. The van der Waals surface area contributed by atoms with Gasteiger partial charge in [-0.3, -0.25) is 0 Å². The van der Waals surface area contributed by atoms with Gasteiger partial charge in [-0.25, -0.2) is 17.6 Å². The van der Waals surface area contributed by atoms with Gasteiger partial charge in [0, 0.05) is 13.1 Å². The highest BCUT2D eigenvalue weighted by atomic mass is 32.2. The van der Waals surface area contributed by atoms with Crippen LogP contribution in [0.2, 0.25) is 0 Å². The van der Waals surface area contributed by atoms with E-state index in [-0.39, 0.29) is 29.4 Å². The van der Waals surface area contributed by atoms with E-state index in [1.807, 2.05) is 0 Å². The molecule has 26 heavy (non-hydrogen) atoms. The minimum atomic E-state index is -3.85. The molecule has 1 aliphatic rings. The molecule has 0 bridgehead atoms. The second-order valence-electron chi connectivity index (χ2n) is 6.03. The number of sulfonamides is 1. The molecule has 2 aromatic carbocycles. The second-order valence-corrected chi connectivity index (χ2v) is 7.97. The fourth-order valence-corrected chi connectivity index (χ4v) is 4.28. The number of halogens is 1. The number of morpholine rings is 1. The molecule has 0 radical (unpaired) electrons. The molecule has 0 amide bonds. The molecule has 0 spiro atoms. The van der Waals surface area contributed by atoms with Crippen molar-refractivity contribution in [3.05, 3.63) is 53.3 Å². The van der Waals surface area contributed by atoms with Crippen LogP contribution in [0.5, 0.6) is 0 Å². The summed E-state index contributed by atoms with van der Waals surface area (Å²) in [5.74, 6) is -1.62. The highest BCUT2D eigenvalue weighted by molar-refractivity contribution is 7.89. The minimum Gasteiger partial charge on any atom is -0.478 e. The lowest BCUT2D eigenvalue weighted by Gasteiger charge is -2.26. The van der Waals surface area contributed by atoms with Crippen LogP contribution in [0.4, 0.5) is 4.39 Å². The average molecular weight is 379 g/mol. The molecule has 1 fully saturated rings. The first-order chi connectivity index (χ1) is 12.3. The second kappa shape index (κ2) is 7.14. The first kappa shape index (κ1) is 18.5. The number of carboxylic acids is 1. The van der Waals surface area contributed by atoms with Gasteiger partial charge < -0.3 is 9.84 Å². The fourth-order valence-electron chi connectivity index (χ4n) is 2.80. The maximum absolute atomic E-state index is 13.5. The summed E-state index contributed by atoms with van der Waals surface area (Å²) < 4.78 is 45.7. The van der Waals surface area contributed by atoms with E-state index >= 15 is 0 Å². The number of carboxylic acid groups (broad SMARTS) is 1. The van der Waals surface area contributed by atoms with Crippen LogP contribution in [0, 0.1) is 12.7 Å². The van der Waals surface area contributed by atoms with Gasteiger partial charge in [-0.15, -0.1) is 0 Å². The summed E-state index contributed by atoms with van der Waals surface area (Å²) in [5, 5.41) is 9.37. The molecule has 1 N–H and O–H groups in total. The maximum atomic E-state index is 13.5. The van der Waals surface area contributed by atoms with Crippen molar-refractivity contribution in [3.63, 3.8) is 0 Å². The number of hydrogen-bond donors (Lipinski definition) is 1. The van der Waals surface area contributed by atoms with E-state index in [1.165, 1.54) is 28.6 Å². The minimum absolute atomic E-state index is 0.101. The standard InChI is InChI=1S/C18H18FNO5S/c1-12-8-13(2-3-17(12)19)14-9-15(18(21)22)11-16(10-14)26(23,24)20-4-6-25-7-5-20/h2-3,8-11H,4-7H2,1H3,(H,21,22). The van der Waals surface area contributed by atoms with Crippen LogP contribution in [0.25, 0.3) is 11.1 Å². The SMILES string of the molecule is Cc1cc(-c2cc(C(=O)O)cc(S(=O)(=O)N3CCOCC3)c2)ccc1F. The number of nitrogens with zero attached hydrogens (tertiary/aromatic N) is 1. The predicted molar refractivity (Wildman–Crippen MR) is 93.1 cm³/mol. The number of hydrogen-bond acceptors (Lipinski definition) is 4. The number of aromatic carboxylic acids is 1. The van der Waals surface area contributed by atoms with E-state index in [0.717, 1.165) is 6.07 Å². The first-order valence-corrected chi connectivity index (χ1v) is 9.46. The van der Waals surface area contributed by atoms with Crippen LogP contribution in [-0.2, 0) is 14.8 Å². The molecule has 2 aromatic rings. The van der Waals surface area contributed by atoms with E-state index in [9.17, 15) is 22.7 Å². The fraction of sp³-hybridized carbons (Fsp3) is 0.278. The van der Waals surface area contributed by atoms with Gasteiger partial charge in [-0.2, -0.15) is 4.31 Å². The number of ether oxygens (including phenoxy) is 1. The van der Waals surface area contributed by atoms with Gasteiger partial charge in [0.25, 0.3) is 0 Å². The molecule has 6 nitrogen and oxygen atoms in total. The summed E-state index contributed by atoms with van der Waals surface area (Å²) in [4.78, 5) is 11.4. The predicted octanol–water partition coefficient (Wildman–Crippen LogP) is 2.52. The van der Waals surface area contributed by atoms with Crippen LogP contribution >= 0.6 is 0 Å². The Bertz CT molecular complexity index is 952. The van der Waals surface area contributed by atoms with Crippen LogP contribution in [-0.4, -0.2) is 50.1 Å². The summed E-state index contributed by atoms with van der Waals surface area (Å²) in [6, 6.07) is 8.27. The van der Waals surface area contributed by atoms with Crippen molar-refractivity contribution in [1.29, 1.82) is 0 Å². The summed E-state index contributed by atoms with van der Waals surface area (Å²) >= 11 is 0. The lowest BCUT2D eigenvalue weighted by molar-refractivity contribution is 0.0696. The zero-order chi connectivity index (χ0) is 18.9. The van der Waals surface area contributed by atoms with Crippen molar-refractivity contribution in [2.45, 2.75) is 11.8 Å². The molecular weight excluding hydrogens is 361 g/mol. The summed E-state index contributed by atoms with van der Waals surface area (Å²) in [7, 11) is -3.85. The molecule has 0 aliphatic carbocycles. The zero-order valence-electron chi connectivity index (χ0n) is 14.1. The van der Waals surface area contributed by atoms with Crippen molar-refractivity contribution >= 4 is 16.0 Å². The van der Waals surface area contributed by atoms with Crippen molar-refractivity contribution in [2.75, 3.05) is 26.3 Å². The van der Waals surface area contributed by atoms with E-state index in [0.29, 0.717) is 29.9 Å². The summed E-state index contributed by atoms with van der Waals surface area (Å²) in [6.07, 6.45) is 0. The molecule has 0 atom stereocenters. The Hall–Kier alpha value is -2.29. The number of aryl methyl sites for hydroxylation is 1. The normalized spacial score (nSPS) is 15.8. The third-order valence-corrected chi connectivity index (χ3v) is 6.13. The Balaban J connectivity index is 2.12. The Kier molecular flexibility index (Phi) is 5.08. The molecule has 0 aromatic heterocycles. The van der Waals surface area contributed by atoms with Crippen molar-refractivity contribution in [2.24, 2.45) is 0 Å². The Morgan fingerprint density at radius 1 is 1.12 bits per heavy atom. The lowest BCUT2D eigenvalue weighted by atomic mass is 10.0. The zero-order valence-corrected chi connectivity index (χ0v) is 14.9. The molecule has 0 saturated carbocycles. The molecule has 1 saturated heterocycles. The van der Waals surface area contributed by atoms with Crippen LogP contribution in [0.1, 0.15) is 15.9 Å². The van der Waals surface area contributed by atoms with Gasteiger partial charge >= 0.3 is 5.97 Å². The van der Waals surface area contributed by atoms with Gasteiger partial charge in [0.2, 0.25) is 10.0 Å². The first-order valence-electron chi connectivity index (χ1n) is 8.02. The number of benzene rings is 2. The van der Waals surface area contributed by atoms with E-state index in [4.69, 9.17) is 4.74 Å². The van der Waals surface area contributed by atoms with Gasteiger partial charge in [-0.1, -0.05) is 6.07 Å². The molecule has 0 unspecified atom stereocenters. The smallest absolute Gasteiger partial charge is 0.335 e. The molecule has 138 valence electrons. The molecule has 8 heteroatoms. The highest BCUT2D eigenvalue weighted by Gasteiger charge is 2.27.